The molecule has 5 heteroatoms. The third-order valence-electron chi connectivity index (χ3n) is 1.98. The fraction of sp³-hybridized carbons (Fsp3) is 0.750. The molecule has 0 aromatic heterocycles. The number of hydrogen-bond donors (Lipinski definition) is 2. The van der Waals surface area contributed by atoms with E-state index in [1.165, 1.54) is 6.92 Å². The zero-order valence-electron chi connectivity index (χ0n) is 10.9. The normalized spacial score (nSPS) is 11.1. The number of carbonyl (C=O) groups is 3. The van der Waals surface area contributed by atoms with E-state index in [0.717, 1.165) is 0 Å². The number of ketones is 2. The minimum absolute atomic E-state index is 0.0228. The maximum absolute atomic E-state index is 11.1. The van der Waals surface area contributed by atoms with Crippen LogP contribution in [0, 0.1) is 0 Å². The Kier molecular flexibility index (Phi) is 12.0. The molecular formula is C12H23NO4. The van der Waals surface area contributed by atoms with Crippen molar-refractivity contribution in [2.24, 2.45) is 5.73 Å². The second-order valence-corrected chi connectivity index (χ2v) is 3.61. The molecule has 1 unspecified atom stereocenters. The van der Waals surface area contributed by atoms with Crippen LogP contribution in [0.5, 0.6) is 0 Å². The van der Waals surface area contributed by atoms with E-state index in [-0.39, 0.29) is 18.0 Å². The van der Waals surface area contributed by atoms with Crippen molar-refractivity contribution in [1.29, 1.82) is 0 Å². The van der Waals surface area contributed by atoms with Gasteiger partial charge in [0.1, 0.15) is 17.6 Å². The van der Waals surface area contributed by atoms with Gasteiger partial charge < -0.3 is 10.8 Å². The van der Waals surface area contributed by atoms with Gasteiger partial charge in [-0.2, -0.15) is 0 Å². The van der Waals surface area contributed by atoms with Crippen LogP contribution in [0.2, 0.25) is 0 Å². The van der Waals surface area contributed by atoms with E-state index in [4.69, 9.17) is 10.8 Å². The minimum Gasteiger partial charge on any atom is -0.480 e. The Bertz CT molecular complexity index is 251. The summed E-state index contributed by atoms with van der Waals surface area (Å²) in [6, 6.07) is -0.854. The molecule has 100 valence electrons. The highest BCUT2D eigenvalue weighted by Gasteiger charge is 2.11. The highest BCUT2D eigenvalue weighted by atomic mass is 16.4. The van der Waals surface area contributed by atoms with Crippen LogP contribution in [-0.2, 0) is 14.4 Å². The molecule has 0 radical (unpaired) electrons. The number of hydrogen-bond acceptors (Lipinski definition) is 4. The van der Waals surface area contributed by atoms with Gasteiger partial charge in [0.25, 0.3) is 0 Å². The zero-order chi connectivity index (χ0) is 13.8. The monoisotopic (exact) mass is 245 g/mol. The van der Waals surface area contributed by atoms with Crippen LogP contribution in [0.25, 0.3) is 0 Å². The summed E-state index contributed by atoms with van der Waals surface area (Å²) < 4.78 is 0. The standard InChI is InChI=1S/C10H17NO4.C2H6/c1-7(12)6-8(13)4-2-3-5-9(11)10(14)15;1-2/h9H,2-6,11H2,1H3,(H,14,15);1-2H3. The van der Waals surface area contributed by atoms with E-state index in [2.05, 4.69) is 0 Å². The Balaban J connectivity index is 0. The fourth-order valence-corrected chi connectivity index (χ4v) is 1.18. The second-order valence-electron chi connectivity index (χ2n) is 3.61. The molecule has 0 amide bonds. The highest BCUT2D eigenvalue weighted by molar-refractivity contribution is 5.97. The lowest BCUT2D eigenvalue weighted by Crippen LogP contribution is -2.29. The van der Waals surface area contributed by atoms with Crippen molar-refractivity contribution in [1.82, 2.24) is 0 Å². The maximum Gasteiger partial charge on any atom is 0.320 e. The number of carboxylic acid groups (broad SMARTS) is 1. The van der Waals surface area contributed by atoms with Crippen molar-refractivity contribution >= 4 is 17.5 Å². The van der Waals surface area contributed by atoms with Crippen LogP contribution in [-0.4, -0.2) is 28.7 Å². The Morgan fingerprint density at radius 3 is 2.12 bits per heavy atom. The minimum atomic E-state index is -1.02. The first kappa shape index (κ1) is 18.1. The molecule has 0 heterocycles. The first-order valence-electron chi connectivity index (χ1n) is 5.93. The van der Waals surface area contributed by atoms with Crippen LogP contribution in [0.1, 0.15) is 52.9 Å². The molecule has 0 fully saturated rings. The predicted molar refractivity (Wildman–Crippen MR) is 65.7 cm³/mol. The Hall–Kier alpha value is -1.23. The smallest absolute Gasteiger partial charge is 0.320 e. The summed E-state index contributed by atoms with van der Waals surface area (Å²) in [5.74, 6) is -1.25. The van der Waals surface area contributed by atoms with Crippen molar-refractivity contribution in [2.45, 2.75) is 58.9 Å². The van der Waals surface area contributed by atoms with E-state index in [0.29, 0.717) is 25.7 Å². The molecule has 0 aliphatic rings. The number of unbranched alkanes of at least 4 members (excludes halogenated alkanes) is 1. The molecule has 0 aliphatic carbocycles. The Morgan fingerprint density at radius 1 is 1.18 bits per heavy atom. The van der Waals surface area contributed by atoms with Crippen molar-refractivity contribution < 1.29 is 19.5 Å². The van der Waals surface area contributed by atoms with Gasteiger partial charge in [-0.15, -0.1) is 0 Å². The quantitative estimate of drug-likeness (QED) is 0.499. The average Bonchev–Trinajstić information content (AvgIpc) is 2.25. The molecule has 0 bridgehead atoms. The lowest BCUT2D eigenvalue weighted by molar-refractivity contribution is -0.138. The molecule has 0 spiro atoms. The van der Waals surface area contributed by atoms with Gasteiger partial charge in [-0.05, 0) is 19.8 Å². The number of carbonyl (C=O) groups excluding carboxylic acids is 2. The third-order valence-corrected chi connectivity index (χ3v) is 1.98. The summed E-state index contributed by atoms with van der Waals surface area (Å²) in [6.45, 7) is 5.37. The summed E-state index contributed by atoms with van der Waals surface area (Å²) >= 11 is 0. The maximum atomic E-state index is 11.1. The molecule has 0 aliphatic heterocycles. The first-order chi connectivity index (χ1) is 7.93. The van der Waals surface area contributed by atoms with E-state index >= 15 is 0 Å². The summed E-state index contributed by atoms with van der Waals surface area (Å²) in [7, 11) is 0. The van der Waals surface area contributed by atoms with Crippen molar-refractivity contribution in [3.8, 4) is 0 Å². The van der Waals surface area contributed by atoms with Gasteiger partial charge in [0.2, 0.25) is 0 Å². The molecule has 0 aromatic carbocycles. The SMILES string of the molecule is CC.CC(=O)CC(=O)CCCCC(N)C(=O)O. The van der Waals surface area contributed by atoms with Gasteiger partial charge in [0, 0.05) is 6.42 Å². The van der Waals surface area contributed by atoms with E-state index in [1.807, 2.05) is 13.8 Å². The molecule has 0 saturated heterocycles. The number of Topliss-reactive ketones (excluding diaryl/α,β-unsaturated/α-hetero) is 2. The molecule has 17 heavy (non-hydrogen) atoms. The van der Waals surface area contributed by atoms with Crippen molar-refractivity contribution in [3.05, 3.63) is 0 Å². The van der Waals surface area contributed by atoms with Gasteiger partial charge >= 0.3 is 5.97 Å². The molecule has 3 N–H and O–H groups in total. The molecular weight excluding hydrogens is 222 g/mol. The van der Waals surface area contributed by atoms with Crippen molar-refractivity contribution in [3.63, 3.8) is 0 Å². The van der Waals surface area contributed by atoms with Gasteiger partial charge in [0.05, 0.1) is 6.42 Å². The van der Waals surface area contributed by atoms with E-state index in [1.54, 1.807) is 0 Å². The topological polar surface area (TPSA) is 97.5 Å². The first-order valence-corrected chi connectivity index (χ1v) is 5.93. The van der Waals surface area contributed by atoms with Crippen LogP contribution < -0.4 is 5.73 Å². The molecule has 0 rings (SSSR count). The predicted octanol–water partition coefficient (Wildman–Crippen LogP) is 1.53. The van der Waals surface area contributed by atoms with Crippen LogP contribution in [0.4, 0.5) is 0 Å². The van der Waals surface area contributed by atoms with Crippen LogP contribution in [0.3, 0.4) is 0 Å². The van der Waals surface area contributed by atoms with Gasteiger partial charge in [-0.1, -0.05) is 20.3 Å². The molecule has 0 aromatic rings. The Morgan fingerprint density at radius 2 is 1.71 bits per heavy atom. The molecule has 5 nitrogen and oxygen atoms in total. The Labute approximate surface area is 102 Å². The highest BCUT2D eigenvalue weighted by Crippen LogP contribution is 2.04. The number of nitrogens with two attached hydrogens (primary N) is 1. The van der Waals surface area contributed by atoms with Crippen molar-refractivity contribution in [2.75, 3.05) is 0 Å². The fourth-order valence-electron chi connectivity index (χ4n) is 1.18. The van der Waals surface area contributed by atoms with Gasteiger partial charge in [-0.3, -0.25) is 14.4 Å². The zero-order valence-corrected chi connectivity index (χ0v) is 10.9. The number of carboxylic acids is 1. The van der Waals surface area contributed by atoms with Crippen LogP contribution in [0.15, 0.2) is 0 Å². The molecule has 1 atom stereocenters. The summed E-state index contributed by atoms with van der Waals surface area (Å²) in [6.07, 6.45) is 1.85. The lowest BCUT2D eigenvalue weighted by atomic mass is 10.1. The summed E-state index contributed by atoms with van der Waals surface area (Å²) in [5, 5.41) is 8.47. The largest absolute Gasteiger partial charge is 0.480 e. The van der Waals surface area contributed by atoms with E-state index in [9.17, 15) is 14.4 Å². The van der Waals surface area contributed by atoms with Gasteiger partial charge in [0.15, 0.2) is 0 Å². The van der Waals surface area contributed by atoms with Crippen LogP contribution >= 0.6 is 0 Å². The third kappa shape index (κ3) is 12.7. The lowest BCUT2D eigenvalue weighted by Gasteiger charge is -2.04. The second kappa shape index (κ2) is 11.3. The van der Waals surface area contributed by atoms with Gasteiger partial charge in [-0.25, -0.2) is 0 Å². The average molecular weight is 245 g/mol. The van der Waals surface area contributed by atoms with E-state index < -0.39 is 12.0 Å². The summed E-state index contributed by atoms with van der Waals surface area (Å²) in [4.78, 5) is 32.0. The molecule has 0 saturated carbocycles. The number of rotatable bonds is 8. The summed E-state index contributed by atoms with van der Waals surface area (Å²) in [5.41, 5.74) is 5.28. The number of aliphatic carboxylic acids is 1.